The number of nitrogens with one attached hydrogen (secondary N) is 1. The standard InChI is InChI=1S/C22H36N4O/c1-22(2,3)17-25-11-8-20(9-12-25)26-13-6-19(7-14-26)21(27)24-16-18-5-4-10-23-15-18/h4-5,10,15,19-20H,6-9,11-14,16-17H2,1-3H3,(H,24,27). The third kappa shape index (κ3) is 6.28. The molecule has 0 radical (unpaired) electrons. The summed E-state index contributed by atoms with van der Waals surface area (Å²) in [6, 6.07) is 4.62. The number of piperidine rings is 2. The van der Waals surface area contributed by atoms with Gasteiger partial charge < -0.3 is 15.1 Å². The maximum Gasteiger partial charge on any atom is 0.223 e. The zero-order valence-electron chi connectivity index (χ0n) is 17.3. The molecule has 0 spiro atoms. The van der Waals surface area contributed by atoms with Crippen LogP contribution in [0.2, 0.25) is 0 Å². The Hall–Kier alpha value is -1.46. The maximum absolute atomic E-state index is 12.5. The molecule has 0 aromatic carbocycles. The third-order valence-corrected chi connectivity index (χ3v) is 5.86. The van der Waals surface area contributed by atoms with Gasteiger partial charge in [0.2, 0.25) is 5.91 Å². The summed E-state index contributed by atoms with van der Waals surface area (Å²) in [4.78, 5) is 21.8. The van der Waals surface area contributed by atoms with Crippen LogP contribution in [0, 0.1) is 11.3 Å². The van der Waals surface area contributed by atoms with E-state index in [0.717, 1.165) is 31.5 Å². The van der Waals surface area contributed by atoms with Crippen molar-refractivity contribution in [2.45, 2.75) is 59.0 Å². The van der Waals surface area contributed by atoms with Gasteiger partial charge in [0.15, 0.2) is 0 Å². The van der Waals surface area contributed by atoms with Crippen molar-refractivity contribution in [2.75, 3.05) is 32.7 Å². The van der Waals surface area contributed by atoms with E-state index in [-0.39, 0.29) is 11.8 Å². The molecule has 27 heavy (non-hydrogen) atoms. The molecule has 0 saturated carbocycles. The van der Waals surface area contributed by atoms with Gasteiger partial charge in [-0.1, -0.05) is 26.8 Å². The Balaban J connectivity index is 1.37. The first-order valence-corrected chi connectivity index (χ1v) is 10.5. The van der Waals surface area contributed by atoms with Crippen molar-refractivity contribution in [3.63, 3.8) is 0 Å². The van der Waals surface area contributed by atoms with Gasteiger partial charge >= 0.3 is 0 Å². The third-order valence-electron chi connectivity index (χ3n) is 5.86. The Morgan fingerprint density at radius 1 is 1.15 bits per heavy atom. The molecule has 3 rings (SSSR count). The molecule has 2 saturated heterocycles. The molecule has 2 aliphatic heterocycles. The first-order valence-electron chi connectivity index (χ1n) is 10.5. The largest absolute Gasteiger partial charge is 0.352 e. The van der Waals surface area contributed by atoms with Crippen LogP contribution < -0.4 is 5.32 Å². The van der Waals surface area contributed by atoms with Crippen LogP contribution >= 0.6 is 0 Å². The van der Waals surface area contributed by atoms with Crippen molar-refractivity contribution >= 4 is 5.91 Å². The van der Waals surface area contributed by atoms with Gasteiger partial charge in [0.05, 0.1) is 0 Å². The first-order chi connectivity index (χ1) is 12.9. The Morgan fingerprint density at radius 3 is 2.44 bits per heavy atom. The van der Waals surface area contributed by atoms with Gasteiger partial charge in [-0.25, -0.2) is 0 Å². The van der Waals surface area contributed by atoms with Gasteiger partial charge in [0.1, 0.15) is 0 Å². The average molecular weight is 373 g/mol. The number of carbonyl (C=O) groups excluding carboxylic acids is 1. The fourth-order valence-corrected chi connectivity index (χ4v) is 4.48. The average Bonchev–Trinajstić information content (AvgIpc) is 2.66. The summed E-state index contributed by atoms with van der Waals surface area (Å²) >= 11 is 0. The summed E-state index contributed by atoms with van der Waals surface area (Å²) in [5, 5.41) is 3.09. The summed E-state index contributed by atoms with van der Waals surface area (Å²) in [5.74, 6) is 0.373. The Bertz CT molecular complexity index is 582. The molecule has 1 aromatic rings. The fraction of sp³-hybridized carbons (Fsp3) is 0.727. The first kappa shape index (κ1) is 20.3. The number of pyridine rings is 1. The molecular weight excluding hydrogens is 336 g/mol. The molecule has 0 bridgehead atoms. The Labute approximate surface area is 164 Å². The molecule has 0 unspecified atom stereocenters. The van der Waals surface area contributed by atoms with Gasteiger partial charge in [-0.2, -0.15) is 0 Å². The quantitative estimate of drug-likeness (QED) is 0.863. The van der Waals surface area contributed by atoms with Crippen molar-refractivity contribution in [1.29, 1.82) is 0 Å². The topological polar surface area (TPSA) is 48.5 Å². The number of aromatic nitrogens is 1. The second kappa shape index (κ2) is 9.16. The minimum atomic E-state index is 0.166. The van der Waals surface area contributed by atoms with Crippen molar-refractivity contribution < 1.29 is 4.79 Å². The number of likely N-dealkylation sites (tertiary alicyclic amines) is 2. The molecule has 0 aliphatic carbocycles. The number of hydrogen-bond acceptors (Lipinski definition) is 4. The number of amides is 1. The second-order valence-corrected chi connectivity index (χ2v) is 9.46. The lowest BCUT2D eigenvalue weighted by Gasteiger charge is -2.42. The van der Waals surface area contributed by atoms with Crippen LogP contribution in [-0.4, -0.2) is 59.5 Å². The van der Waals surface area contributed by atoms with E-state index in [1.165, 1.54) is 32.5 Å². The minimum absolute atomic E-state index is 0.166. The van der Waals surface area contributed by atoms with E-state index in [0.29, 0.717) is 18.0 Å². The molecule has 2 fully saturated rings. The van der Waals surface area contributed by atoms with Gasteiger partial charge in [0, 0.05) is 37.4 Å². The van der Waals surface area contributed by atoms with Crippen LogP contribution in [0.5, 0.6) is 0 Å². The second-order valence-electron chi connectivity index (χ2n) is 9.46. The van der Waals surface area contributed by atoms with Crippen LogP contribution in [-0.2, 0) is 11.3 Å². The van der Waals surface area contributed by atoms with E-state index in [9.17, 15) is 4.79 Å². The monoisotopic (exact) mass is 372 g/mol. The molecule has 3 heterocycles. The summed E-state index contributed by atoms with van der Waals surface area (Å²) in [6.07, 6.45) is 8.09. The Morgan fingerprint density at radius 2 is 1.85 bits per heavy atom. The maximum atomic E-state index is 12.5. The normalized spacial score (nSPS) is 21.3. The number of nitrogens with zero attached hydrogens (tertiary/aromatic N) is 3. The highest BCUT2D eigenvalue weighted by Crippen LogP contribution is 2.25. The van der Waals surface area contributed by atoms with E-state index in [1.807, 2.05) is 18.3 Å². The van der Waals surface area contributed by atoms with E-state index >= 15 is 0 Å². The van der Waals surface area contributed by atoms with Crippen molar-refractivity contribution in [3.05, 3.63) is 30.1 Å². The highest BCUT2D eigenvalue weighted by molar-refractivity contribution is 5.78. The summed E-state index contributed by atoms with van der Waals surface area (Å²) in [6.45, 7) is 13.3. The molecule has 1 aromatic heterocycles. The predicted octanol–water partition coefficient (Wildman–Crippen LogP) is 2.92. The number of hydrogen-bond donors (Lipinski definition) is 1. The summed E-state index contributed by atoms with van der Waals surface area (Å²) in [7, 11) is 0. The molecule has 1 amide bonds. The van der Waals surface area contributed by atoms with E-state index < -0.39 is 0 Å². The van der Waals surface area contributed by atoms with E-state index in [2.05, 4.69) is 40.9 Å². The zero-order valence-corrected chi connectivity index (χ0v) is 17.3. The smallest absolute Gasteiger partial charge is 0.223 e. The summed E-state index contributed by atoms with van der Waals surface area (Å²) < 4.78 is 0. The minimum Gasteiger partial charge on any atom is -0.352 e. The van der Waals surface area contributed by atoms with E-state index in [4.69, 9.17) is 0 Å². The van der Waals surface area contributed by atoms with Crippen molar-refractivity contribution in [1.82, 2.24) is 20.1 Å². The van der Waals surface area contributed by atoms with Gasteiger partial charge in [0.25, 0.3) is 0 Å². The summed E-state index contributed by atoms with van der Waals surface area (Å²) in [5.41, 5.74) is 1.44. The number of rotatable bonds is 5. The van der Waals surface area contributed by atoms with E-state index in [1.54, 1.807) is 6.20 Å². The molecule has 0 atom stereocenters. The Kier molecular flexibility index (Phi) is 6.88. The SMILES string of the molecule is CC(C)(C)CN1CCC(N2CCC(C(=O)NCc3cccnc3)CC2)CC1. The predicted molar refractivity (Wildman–Crippen MR) is 109 cm³/mol. The molecule has 150 valence electrons. The lowest BCUT2D eigenvalue weighted by atomic mass is 9.91. The van der Waals surface area contributed by atoms with Crippen LogP contribution in [0.3, 0.4) is 0 Å². The highest BCUT2D eigenvalue weighted by atomic mass is 16.1. The fourth-order valence-electron chi connectivity index (χ4n) is 4.48. The van der Waals surface area contributed by atoms with Crippen LogP contribution in [0.4, 0.5) is 0 Å². The van der Waals surface area contributed by atoms with Crippen molar-refractivity contribution in [3.8, 4) is 0 Å². The van der Waals surface area contributed by atoms with Gasteiger partial charge in [-0.3, -0.25) is 9.78 Å². The van der Waals surface area contributed by atoms with Crippen LogP contribution in [0.15, 0.2) is 24.5 Å². The molecular formula is C22H36N4O. The molecule has 5 nitrogen and oxygen atoms in total. The van der Waals surface area contributed by atoms with Crippen LogP contribution in [0.25, 0.3) is 0 Å². The molecule has 2 aliphatic rings. The lowest BCUT2D eigenvalue weighted by Crippen LogP contribution is -2.50. The lowest BCUT2D eigenvalue weighted by molar-refractivity contribution is -0.126. The van der Waals surface area contributed by atoms with Gasteiger partial charge in [-0.15, -0.1) is 0 Å². The molecule has 1 N–H and O–H groups in total. The van der Waals surface area contributed by atoms with Gasteiger partial charge in [-0.05, 0) is 68.9 Å². The van der Waals surface area contributed by atoms with Crippen LogP contribution in [0.1, 0.15) is 52.0 Å². The zero-order chi connectivity index (χ0) is 19.3. The van der Waals surface area contributed by atoms with Crippen molar-refractivity contribution in [2.24, 2.45) is 11.3 Å². The highest BCUT2D eigenvalue weighted by Gasteiger charge is 2.31. The number of carbonyl (C=O) groups is 1. The molecule has 5 heteroatoms.